The Kier molecular flexibility index (Phi) is 4.88. The molecular formula is C26H40O. The molecule has 1 unspecified atom stereocenters. The molecule has 3 fully saturated rings. The highest BCUT2D eigenvalue weighted by Crippen LogP contribution is 2.66. The van der Waals surface area contributed by atoms with E-state index in [1.807, 2.05) is 6.92 Å². The lowest BCUT2D eigenvalue weighted by Crippen LogP contribution is -2.52. The summed E-state index contributed by atoms with van der Waals surface area (Å²) in [5.74, 6) is 4.19. The molecule has 0 aromatic heterocycles. The second kappa shape index (κ2) is 6.82. The van der Waals surface area contributed by atoms with Gasteiger partial charge in [0.25, 0.3) is 0 Å². The summed E-state index contributed by atoms with van der Waals surface area (Å²) in [6, 6.07) is 0. The minimum atomic E-state index is 0.350. The number of hydrogen-bond acceptors (Lipinski definition) is 1. The van der Waals surface area contributed by atoms with Gasteiger partial charge in [-0.3, -0.25) is 0 Å². The molecule has 0 saturated heterocycles. The van der Waals surface area contributed by atoms with Crippen molar-refractivity contribution in [1.82, 2.24) is 0 Å². The first-order chi connectivity index (χ1) is 12.8. The van der Waals surface area contributed by atoms with Crippen LogP contribution in [0.15, 0.2) is 34.6 Å². The average molecular weight is 369 g/mol. The van der Waals surface area contributed by atoms with E-state index in [-0.39, 0.29) is 0 Å². The number of aliphatic hydroxyl groups is 1. The second-order valence-electron chi connectivity index (χ2n) is 10.8. The predicted molar refractivity (Wildman–Crippen MR) is 115 cm³/mol. The first-order valence-electron chi connectivity index (χ1n) is 11.5. The van der Waals surface area contributed by atoms with Crippen molar-refractivity contribution in [3.63, 3.8) is 0 Å². The topological polar surface area (TPSA) is 20.2 Å². The Morgan fingerprint density at radius 1 is 1.00 bits per heavy atom. The van der Waals surface area contributed by atoms with Crippen molar-refractivity contribution in [3.8, 4) is 0 Å². The first kappa shape index (κ1) is 19.3. The molecule has 6 atom stereocenters. The SMILES string of the molecule is CC(=CC(C)=C(C)O)C1=CC[C@H]2[C@@H]3CCC4CCCC[C@]4(C)[C@H]3CC[C@]12C. The maximum absolute atomic E-state index is 9.82. The third kappa shape index (κ3) is 2.95. The maximum Gasteiger partial charge on any atom is 0.0920 e. The van der Waals surface area contributed by atoms with E-state index in [4.69, 9.17) is 0 Å². The lowest BCUT2D eigenvalue weighted by atomic mass is 9.45. The van der Waals surface area contributed by atoms with E-state index in [9.17, 15) is 5.11 Å². The summed E-state index contributed by atoms with van der Waals surface area (Å²) >= 11 is 0. The Morgan fingerprint density at radius 2 is 1.78 bits per heavy atom. The fraction of sp³-hybridized carbons (Fsp3) is 0.769. The van der Waals surface area contributed by atoms with Gasteiger partial charge in [-0.05, 0) is 117 Å². The molecule has 1 nitrogen and oxygen atoms in total. The van der Waals surface area contributed by atoms with Crippen molar-refractivity contribution in [1.29, 1.82) is 0 Å². The Labute approximate surface area is 167 Å². The molecule has 4 aliphatic rings. The second-order valence-corrected chi connectivity index (χ2v) is 10.8. The minimum absolute atomic E-state index is 0.350. The molecule has 0 amide bonds. The first-order valence-corrected chi connectivity index (χ1v) is 11.5. The van der Waals surface area contributed by atoms with E-state index < -0.39 is 0 Å². The Balaban J connectivity index is 1.60. The van der Waals surface area contributed by atoms with Crippen molar-refractivity contribution in [2.45, 2.75) is 92.4 Å². The summed E-state index contributed by atoms with van der Waals surface area (Å²) in [6.07, 6.45) is 17.7. The van der Waals surface area contributed by atoms with Crippen LogP contribution in [0.3, 0.4) is 0 Å². The van der Waals surface area contributed by atoms with Crippen LogP contribution < -0.4 is 0 Å². The minimum Gasteiger partial charge on any atom is -0.512 e. The quantitative estimate of drug-likeness (QED) is 0.390. The van der Waals surface area contributed by atoms with Crippen LogP contribution in [0.2, 0.25) is 0 Å². The number of aliphatic hydroxyl groups excluding tert-OH is 1. The van der Waals surface area contributed by atoms with Gasteiger partial charge in [0.05, 0.1) is 5.76 Å². The molecule has 1 N–H and O–H groups in total. The molecule has 150 valence electrons. The zero-order valence-electron chi connectivity index (χ0n) is 18.3. The van der Waals surface area contributed by atoms with E-state index in [0.29, 0.717) is 16.6 Å². The Hall–Kier alpha value is -0.980. The molecule has 4 rings (SSSR count). The molecule has 0 aromatic carbocycles. The molecule has 27 heavy (non-hydrogen) atoms. The lowest BCUT2D eigenvalue weighted by molar-refractivity contribution is -0.0984. The predicted octanol–water partition coefficient (Wildman–Crippen LogP) is 7.75. The van der Waals surface area contributed by atoms with Crippen molar-refractivity contribution >= 4 is 0 Å². The van der Waals surface area contributed by atoms with Gasteiger partial charge in [-0.15, -0.1) is 0 Å². The largest absolute Gasteiger partial charge is 0.512 e. The zero-order valence-corrected chi connectivity index (χ0v) is 18.3. The van der Waals surface area contributed by atoms with Gasteiger partial charge in [0, 0.05) is 0 Å². The number of fused-ring (bicyclic) bond motifs is 5. The van der Waals surface area contributed by atoms with Gasteiger partial charge < -0.3 is 5.11 Å². The zero-order chi connectivity index (χ0) is 19.4. The van der Waals surface area contributed by atoms with Crippen molar-refractivity contribution < 1.29 is 5.11 Å². The van der Waals surface area contributed by atoms with Gasteiger partial charge in [0.1, 0.15) is 0 Å². The molecule has 0 heterocycles. The van der Waals surface area contributed by atoms with Crippen molar-refractivity contribution in [2.75, 3.05) is 0 Å². The van der Waals surface area contributed by atoms with Gasteiger partial charge in [0.2, 0.25) is 0 Å². The molecule has 0 aromatic rings. The standard InChI is InChI=1S/C26H40O/c1-17(19(3)27)16-18(2)22-11-12-23-21-10-9-20-8-6-7-14-25(20,4)24(21)13-15-26(22,23)5/h11,16,20-21,23-24,27H,6-10,12-15H2,1-5H3/t20?,21-,23-,24-,25-,26+/m0/s1. The van der Waals surface area contributed by atoms with E-state index in [2.05, 4.69) is 32.9 Å². The summed E-state index contributed by atoms with van der Waals surface area (Å²) in [6.45, 7) is 11.3. The Bertz CT molecular complexity index is 691. The van der Waals surface area contributed by atoms with Crippen LogP contribution in [0.5, 0.6) is 0 Å². The van der Waals surface area contributed by atoms with Crippen LogP contribution in [0.25, 0.3) is 0 Å². The van der Waals surface area contributed by atoms with Gasteiger partial charge in [-0.25, -0.2) is 0 Å². The monoisotopic (exact) mass is 368 g/mol. The van der Waals surface area contributed by atoms with Crippen molar-refractivity contribution in [2.24, 2.45) is 34.5 Å². The van der Waals surface area contributed by atoms with Gasteiger partial charge in [-0.1, -0.05) is 38.8 Å². The smallest absolute Gasteiger partial charge is 0.0920 e. The van der Waals surface area contributed by atoms with Gasteiger partial charge in [-0.2, -0.15) is 0 Å². The van der Waals surface area contributed by atoms with Crippen LogP contribution in [-0.2, 0) is 0 Å². The highest BCUT2D eigenvalue weighted by Gasteiger charge is 2.57. The third-order valence-electron chi connectivity index (χ3n) is 9.59. The van der Waals surface area contributed by atoms with Gasteiger partial charge in [0.15, 0.2) is 0 Å². The summed E-state index contributed by atoms with van der Waals surface area (Å²) in [5.41, 5.74) is 4.95. The van der Waals surface area contributed by atoms with E-state index in [0.717, 1.165) is 29.2 Å². The number of allylic oxidation sites excluding steroid dienone is 6. The fourth-order valence-corrected chi connectivity index (χ4v) is 7.98. The van der Waals surface area contributed by atoms with E-state index in [1.54, 1.807) is 12.5 Å². The van der Waals surface area contributed by atoms with Crippen LogP contribution >= 0.6 is 0 Å². The lowest BCUT2D eigenvalue weighted by Gasteiger charge is -2.60. The highest BCUT2D eigenvalue weighted by molar-refractivity contribution is 5.43. The molecule has 0 bridgehead atoms. The highest BCUT2D eigenvalue weighted by atomic mass is 16.3. The van der Waals surface area contributed by atoms with Gasteiger partial charge >= 0.3 is 0 Å². The molecule has 4 aliphatic carbocycles. The van der Waals surface area contributed by atoms with E-state index in [1.165, 1.54) is 63.4 Å². The summed E-state index contributed by atoms with van der Waals surface area (Å²) in [7, 11) is 0. The number of hydrogen-bond donors (Lipinski definition) is 1. The molecule has 0 spiro atoms. The molecule has 0 radical (unpaired) electrons. The Morgan fingerprint density at radius 3 is 2.52 bits per heavy atom. The van der Waals surface area contributed by atoms with Crippen LogP contribution in [0.1, 0.15) is 92.4 Å². The fourth-order valence-electron chi connectivity index (χ4n) is 7.98. The maximum atomic E-state index is 9.82. The molecule has 1 heteroatoms. The van der Waals surface area contributed by atoms with Crippen molar-refractivity contribution in [3.05, 3.63) is 34.6 Å². The van der Waals surface area contributed by atoms with Crippen LogP contribution in [0, 0.1) is 34.5 Å². The van der Waals surface area contributed by atoms with Crippen LogP contribution in [0.4, 0.5) is 0 Å². The summed E-state index contributed by atoms with van der Waals surface area (Å²) in [4.78, 5) is 0. The number of rotatable bonds is 2. The average Bonchev–Trinajstić information content (AvgIpc) is 2.98. The molecule has 3 saturated carbocycles. The van der Waals surface area contributed by atoms with E-state index >= 15 is 0 Å². The third-order valence-corrected chi connectivity index (χ3v) is 9.59. The normalized spacial score (nSPS) is 45.4. The summed E-state index contributed by atoms with van der Waals surface area (Å²) < 4.78 is 0. The molecular weight excluding hydrogens is 328 g/mol. The molecule has 0 aliphatic heterocycles. The summed E-state index contributed by atoms with van der Waals surface area (Å²) in [5, 5.41) is 9.82. The van der Waals surface area contributed by atoms with Crippen LogP contribution in [-0.4, -0.2) is 5.11 Å².